The normalized spacial score (nSPS) is 22.5. The van der Waals surface area contributed by atoms with Crippen molar-refractivity contribution in [1.29, 1.82) is 0 Å². The summed E-state index contributed by atoms with van der Waals surface area (Å²) < 4.78 is 0. The molecule has 1 saturated heterocycles. The van der Waals surface area contributed by atoms with Gasteiger partial charge in [-0.1, -0.05) is 0 Å². The van der Waals surface area contributed by atoms with E-state index >= 15 is 0 Å². The number of rotatable bonds is 2. The van der Waals surface area contributed by atoms with Gasteiger partial charge >= 0.3 is 0 Å². The lowest BCUT2D eigenvalue weighted by molar-refractivity contribution is -0.146. The molecule has 2 atom stereocenters. The fraction of sp³-hybridized carbons (Fsp3) is 0.889. The fourth-order valence-corrected chi connectivity index (χ4v) is 1.51. The molecule has 0 saturated carbocycles. The first-order chi connectivity index (χ1) is 6.13. The topological polar surface area (TPSA) is 60.8 Å². The average molecular weight is 187 g/mol. The SMILES string of the molecule is CC(O)C(O)C(=O)N1CCCCC1. The van der Waals surface area contributed by atoms with Crippen LogP contribution in [-0.2, 0) is 4.79 Å². The molecule has 0 aromatic heterocycles. The number of hydrogen-bond donors (Lipinski definition) is 2. The summed E-state index contributed by atoms with van der Waals surface area (Å²) in [6, 6.07) is 0. The average Bonchev–Trinajstić information content (AvgIpc) is 2.17. The first-order valence-corrected chi connectivity index (χ1v) is 4.78. The monoisotopic (exact) mass is 187 g/mol. The lowest BCUT2D eigenvalue weighted by Gasteiger charge is -2.29. The Bertz CT molecular complexity index is 176. The number of carbonyl (C=O) groups is 1. The number of carbonyl (C=O) groups excluding carboxylic acids is 1. The van der Waals surface area contributed by atoms with Crippen molar-refractivity contribution in [1.82, 2.24) is 4.90 Å². The van der Waals surface area contributed by atoms with E-state index in [0.717, 1.165) is 19.3 Å². The molecule has 0 aromatic carbocycles. The van der Waals surface area contributed by atoms with E-state index in [2.05, 4.69) is 0 Å². The Hall–Kier alpha value is -0.610. The highest BCUT2D eigenvalue weighted by molar-refractivity contribution is 5.81. The van der Waals surface area contributed by atoms with Crippen LogP contribution in [0.3, 0.4) is 0 Å². The van der Waals surface area contributed by atoms with E-state index in [4.69, 9.17) is 5.11 Å². The smallest absolute Gasteiger partial charge is 0.254 e. The van der Waals surface area contributed by atoms with E-state index < -0.39 is 12.2 Å². The van der Waals surface area contributed by atoms with Gasteiger partial charge in [0.15, 0.2) is 6.10 Å². The predicted octanol–water partition coefficient (Wildman–Crippen LogP) is -0.259. The van der Waals surface area contributed by atoms with Gasteiger partial charge in [-0.2, -0.15) is 0 Å². The third-order valence-corrected chi connectivity index (χ3v) is 2.38. The summed E-state index contributed by atoms with van der Waals surface area (Å²) in [7, 11) is 0. The molecule has 1 fully saturated rings. The molecule has 13 heavy (non-hydrogen) atoms. The molecule has 2 N–H and O–H groups in total. The van der Waals surface area contributed by atoms with E-state index in [1.54, 1.807) is 4.90 Å². The van der Waals surface area contributed by atoms with E-state index in [-0.39, 0.29) is 5.91 Å². The van der Waals surface area contributed by atoms with Gasteiger partial charge in [-0.05, 0) is 26.2 Å². The number of amides is 1. The molecule has 4 nitrogen and oxygen atoms in total. The molecule has 1 heterocycles. The fourth-order valence-electron chi connectivity index (χ4n) is 1.51. The molecule has 1 rings (SSSR count). The largest absolute Gasteiger partial charge is 0.390 e. The Morgan fingerprint density at radius 1 is 1.23 bits per heavy atom. The summed E-state index contributed by atoms with van der Waals surface area (Å²) in [6.07, 6.45) is 0.915. The minimum atomic E-state index is -1.25. The van der Waals surface area contributed by atoms with Crippen molar-refractivity contribution in [3.05, 3.63) is 0 Å². The van der Waals surface area contributed by atoms with E-state index in [1.165, 1.54) is 6.92 Å². The summed E-state index contributed by atoms with van der Waals surface area (Å²) in [5.41, 5.74) is 0. The van der Waals surface area contributed by atoms with Crippen molar-refractivity contribution in [3.63, 3.8) is 0 Å². The van der Waals surface area contributed by atoms with Gasteiger partial charge in [0.05, 0.1) is 6.10 Å². The Kier molecular flexibility index (Phi) is 3.69. The lowest BCUT2D eigenvalue weighted by Crippen LogP contribution is -2.46. The molecule has 1 aliphatic heterocycles. The summed E-state index contributed by atoms with van der Waals surface area (Å²) in [4.78, 5) is 13.1. The van der Waals surface area contributed by atoms with E-state index in [1.807, 2.05) is 0 Å². The van der Waals surface area contributed by atoms with Crippen LogP contribution in [0, 0.1) is 0 Å². The predicted molar refractivity (Wildman–Crippen MR) is 48.1 cm³/mol. The zero-order valence-corrected chi connectivity index (χ0v) is 7.94. The number of likely N-dealkylation sites (tertiary alicyclic amines) is 1. The van der Waals surface area contributed by atoms with Crippen LogP contribution < -0.4 is 0 Å². The number of aliphatic hydroxyl groups excluding tert-OH is 2. The number of aliphatic hydroxyl groups is 2. The van der Waals surface area contributed by atoms with Crippen LogP contribution in [0.2, 0.25) is 0 Å². The maximum atomic E-state index is 11.5. The maximum absolute atomic E-state index is 11.5. The van der Waals surface area contributed by atoms with Gasteiger partial charge in [-0.3, -0.25) is 4.79 Å². The van der Waals surface area contributed by atoms with Crippen LogP contribution in [0.1, 0.15) is 26.2 Å². The second-order valence-corrected chi connectivity index (χ2v) is 3.57. The Labute approximate surface area is 78.2 Å². The van der Waals surface area contributed by atoms with Gasteiger partial charge in [0, 0.05) is 13.1 Å². The molecular weight excluding hydrogens is 170 g/mol. The number of nitrogens with zero attached hydrogens (tertiary/aromatic N) is 1. The molecule has 4 heteroatoms. The first-order valence-electron chi connectivity index (χ1n) is 4.78. The zero-order valence-electron chi connectivity index (χ0n) is 7.94. The molecule has 0 bridgehead atoms. The van der Waals surface area contributed by atoms with Crippen LogP contribution in [0.5, 0.6) is 0 Å². The highest BCUT2D eigenvalue weighted by atomic mass is 16.3. The van der Waals surface area contributed by atoms with Gasteiger partial charge in [0.1, 0.15) is 0 Å². The lowest BCUT2D eigenvalue weighted by atomic mass is 10.1. The van der Waals surface area contributed by atoms with Crippen LogP contribution >= 0.6 is 0 Å². The molecular formula is C9H17NO3. The standard InChI is InChI=1S/C9H17NO3/c1-7(11)8(12)9(13)10-5-3-2-4-6-10/h7-8,11-12H,2-6H2,1H3. The minimum absolute atomic E-state index is 0.338. The number of hydrogen-bond acceptors (Lipinski definition) is 3. The Balaban J connectivity index is 2.45. The number of piperidine rings is 1. The highest BCUT2D eigenvalue weighted by Crippen LogP contribution is 2.10. The Morgan fingerprint density at radius 3 is 2.23 bits per heavy atom. The summed E-state index contributed by atoms with van der Waals surface area (Å²) in [5, 5.41) is 18.3. The molecule has 0 aliphatic carbocycles. The van der Waals surface area contributed by atoms with Crippen molar-refractivity contribution in [2.45, 2.75) is 38.4 Å². The van der Waals surface area contributed by atoms with Crippen molar-refractivity contribution in [2.75, 3.05) is 13.1 Å². The van der Waals surface area contributed by atoms with Gasteiger partial charge in [-0.15, -0.1) is 0 Å². The van der Waals surface area contributed by atoms with Crippen molar-refractivity contribution < 1.29 is 15.0 Å². The minimum Gasteiger partial charge on any atom is -0.390 e. The van der Waals surface area contributed by atoms with Crippen molar-refractivity contribution >= 4 is 5.91 Å². The van der Waals surface area contributed by atoms with Gasteiger partial charge < -0.3 is 15.1 Å². The molecule has 1 aliphatic rings. The Morgan fingerprint density at radius 2 is 1.77 bits per heavy atom. The second-order valence-electron chi connectivity index (χ2n) is 3.57. The van der Waals surface area contributed by atoms with E-state index in [9.17, 15) is 9.90 Å². The van der Waals surface area contributed by atoms with E-state index in [0.29, 0.717) is 13.1 Å². The van der Waals surface area contributed by atoms with Crippen molar-refractivity contribution in [2.24, 2.45) is 0 Å². The molecule has 0 spiro atoms. The third-order valence-electron chi connectivity index (χ3n) is 2.38. The molecule has 76 valence electrons. The summed E-state index contributed by atoms with van der Waals surface area (Å²) in [6.45, 7) is 2.84. The van der Waals surface area contributed by atoms with Crippen LogP contribution in [0.4, 0.5) is 0 Å². The summed E-state index contributed by atoms with van der Waals surface area (Å²) >= 11 is 0. The van der Waals surface area contributed by atoms with Crippen LogP contribution in [0.25, 0.3) is 0 Å². The molecule has 2 unspecified atom stereocenters. The van der Waals surface area contributed by atoms with Gasteiger partial charge in [0.25, 0.3) is 5.91 Å². The second kappa shape index (κ2) is 4.58. The zero-order chi connectivity index (χ0) is 9.84. The molecule has 0 radical (unpaired) electrons. The quantitative estimate of drug-likeness (QED) is 0.626. The molecule has 0 aromatic rings. The van der Waals surface area contributed by atoms with Crippen LogP contribution in [-0.4, -0.2) is 46.3 Å². The maximum Gasteiger partial charge on any atom is 0.254 e. The molecule has 1 amide bonds. The first kappa shape index (κ1) is 10.5. The highest BCUT2D eigenvalue weighted by Gasteiger charge is 2.26. The van der Waals surface area contributed by atoms with Crippen molar-refractivity contribution in [3.8, 4) is 0 Å². The van der Waals surface area contributed by atoms with Gasteiger partial charge in [0.2, 0.25) is 0 Å². The third kappa shape index (κ3) is 2.67. The van der Waals surface area contributed by atoms with Gasteiger partial charge in [-0.25, -0.2) is 0 Å². The summed E-state index contributed by atoms with van der Waals surface area (Å²) in [5.74, 6) is -0.338. The van der Waals surface area contributed by atoms with Crippen LogP contribution in [0.15, 0.2) is 0 Å².